The second-order valence-corrected chi connectivity index (χ2v) is 2.09. The van der Waals surface area contributed by atoms with Crippen molar-refractivity contribution in [3.63, 3.8) is 0 Å². The van der Waals surface area contributed by atoms with Gasteiger partial charge in [-0.15, -0.1) is 0 Å². The number of hydrogen-bond donors (Lipinski definition) is 1. The van der Waals surface area contributed by atoms with Gasteiger partial charge in [-0.1, -0.05) is 0 Å². The summed E-state index contributed by atoms with van der Waals surface area (Å²) in [6, 6.07) is 1.09. The van der Waals surface area contributed by atoms with Crippen molar-refractivity contribution in [3.8, 4) is 0 Å². The van der Waals surface area contributed by atoms with E-state index >= 15 is 0 Å². The van der Waals surface area contributed by atoms with E-state index in [1.54, 1.807) is 0 Å². The topological polar surface area (TPSA) is 54.9 Å². The fraction of sp³-hybridized carbons (Fsp3) is 0.333. The Morgan fingerprint density at radius 3 is 2.73 bits per heavy atom. The molecule has 0 saturated carbocycles. The summed E-state index contributed by atoms with van der Waals surface area (Å²) in [5, 5.41) is 0. The normalized spacial score (nSPS) is 12.9. The lowest BCUT2D eigenvalue weighted by atomic mass is 10.6. The molecule has 0 spiro atoms. The first-order chi connectivity index (χ1) is 5.11. The lowest BCUT2D eigenvalue weighted by Gasteiger charge is -2.02. The Kier molecular flexibility index (Phi) is 1.89. The van der Waals surface area contributed by atoms with Crippen molar-refractivity contribution < 1.29 is 4.39 Å². The number of hydrogen-bond acceptors (Lipinski definition) is 2. The molecule has 0 saturated heterocycles. The van der Waals surface area contributed by atoms with Crippen molar-refractivity contribution in [3.05, 3.63) is 33.1 Å². The second kappa shape index (κ2) is 2.69. The molecule has 1 atom stereocenters. The number of aromatic nitrogens is 2. The van der Waals surface area contributed by atoms with Crippen LogP contribution in [0.3, 0.4) is 0 Å². The molecule has 0 aliphatic carbocycles. The SMILES string of the molecule is C[C@H](F)n1ccc(=O)[nH]c1=O. The first-order valence-corrected chi connectivity index (χ1v) is 3.07. The Labute approximate surface area is 61.3 Å². The smallest absolute Gasteiger partial charge is 0.274 e. The number of nitrogens with one attached hydrogen (secondary N) is 1. The van der Waals surface area contributed by atoms with Gasteiger partial charge in [-0.2, -0.15) is 0 Å². The Morgan fingerprint density at radius 1 is 1.64 bits per heavy atom. The molecule has 0 bridgehead atoms. The zero-order chi connectivity index (χ0) is 8.43. The zero-order valence-corrected chi connectivity index (χ0v) is 5.87. The van der Waals surface area contributed by atoms with Gasteiger partial charge >= 0.3 is 5.69 Å². The van der Waals surface area contributed by atoms with Gasteiger partial charge in [0.05, 0.1) is 0 Å². The van der Waals surface area contributed by atoms with Crippen LogP contribution < -0.4 is 11.2 Å². The minimum absolute atomic E-state index is 0.521. The van der Waals surface area contributed by atoms with Gasteiger partial charge in [0.2, 0.25) is 0 Å². The largest absolute Gasteiger partial charge is 0.330 e. The van der Waals surface area contributed by atoms with Crippen molar-refractivity contribution in [1.82, 2.24) is 9.55 Å². The van der Waals surface area contributed by atoms with Crippen LogP contribution in [0.2, 0.25) is 0 Å². The number of H-pyrrole nitrogens is 1. The summed E-state index contributed by atoms with van der Waals surface area (Å²) in [5.41, 5.74) is -1.25. The second-order valence-electron chi connectivity index (χ2n) is 2.09. The molecule has 1 rings (SSSR count). The van der Waals surface area contributed by atoms with E-state index < -0.39 is 17.5 Å². The van der Waals surface area contributed by atoms with E-state index in [0.717, 1.165) is 16.8 Å². The number of alkyl halides is 1. The molecule has 4 nitrogen and oxygen atoms in total. The van der Waals surface area contributed by atoms with Crippen LogP contribution in [0.1, 0.15) is 13.2 Å². The first-order valence-electron chi connectivity index (χ1n) is 3.07. The van der Waals surface area contributed by atoms with Gasteiger partial charge in [0, 0.05) is 12.3 Å². The fourth-order valence-electron chi connectivity index (χ4n) is 0.707. The van der Waals surface area contributed by atoms with Gasteiger partial charge in [0.15, 0.2) is 6.30 Å². The molecular weight excluding hydrogens is 151 g/mol. The van der Waals surface area contributed by atoms with Crippen LogP contribution in [-0.2, 0) is 0 Å². The Bertz CT molecular complexity index is 352. The summed E-state index contributed by atoms with van der Waals surface area (Å²) in [4.78, 5) is 23.2. The van der Waals surface area contributed by atoms with Gasteiger partial charge in [-0.3, -0.25) is 14.3 Å². The Hall–Kier alpha value is -1.39. The molecule has 0 aliphatic heterocycles. The van der Waals surface area contributed by atoms with Crippen LogP contribution in [0.5, 0.6) is 0 Å². The van der Waals surface area contributed by atoms with E-state index in [4.69, 9.17) is 0 Å². The molecule has 11 heavy (non-hydrogen) atoms. The van der Waals surface area contributed by atoms with E-state index in [2.05, 4.69) is 0 Å². The summed E-state index contributed by atoms with van der Waals surface area (Å²) in [7, 11) is 0. The molecule has 1 aromatic rings. The summed E-state index contributed by atoms with van der Waals surface area (Å²) in [6.45, 7) is 1.21. The molecule has 0 fully saturated rings. The van der Waals surface area contributed by atoms with Crippen molar-refractivity contribution >= 4 is 0 Å². The maximum atomic E-state index is 12.5. The lowest BCUT2D eigenvalue weighted by molar-refractivity contribution is 0.258. The molecule has 60 valence electrons. The highest BCUT2D eigenvalue weighted by atomic mass is 19.1. The summed E-state index contributed by atoms with van der Waals surface area (Å²) >= 11 is 0. The molecule has 0 aromatic carbocycles. The highest BCUT2D eigenvalue weighted by Crippen LogP contribution is 1.98. The minimum Gasteiger partial charge on any atom is -0.274 e. The summed E-state index contributed by atoms with van der Waals surface area (Å²) < 4.78 is 13.3. The van der Waals surface area contributed by atoms with E-state index in [-0.39, 0.29) is 0 Å². The zero-order valence-electron chi connectivity index (χ0n) is 5.87. The Balaban J connectivity index is 3.32. The van der Waals surface area contributed by atoms with E-state index in [9.17, 15) is 14.0 Å². The number of halogens is 1. The summed E-state index contributed by atoms with van der Waals surface area (Å²) in [5.74, 6) is 0. The van der Waals surface area contributed by atoms with Crippen molar-refractivity contribution in [2.45, 2.75) is 13.2 Å². The van der Waals surface area contributed by atoms with Crippen molar-refractivity contribution in [2.75, 3.05) is 0 Å². The fourth-order valence-corrected chi connectivity index (χ4v) is 0.707. The predicted molar refractivity (Wildman–Crippen MR) is 37.1 cm³/mol. The number of nitrogens with zero attached hydrogens (tertiary/aromatic N) is 1. The summed E-state index contributed by atoms with van der Waals surface area (Å²) in [6.07, 6.45) is -0.300. The highest BCUT2D eigenvalue weighted by Gasteiger charge is 2.01. The first kappa shape index (κ1) is 7.71. The van der Waals surface area contributed by atoms with Crippen LogP contribution in [0.4, 0.5) is 4.39 Å². The molecule has 1 aromatic heterocycles. The highest BCUT2D eigenvalue weighted by molar-refractivity contribution is 4.82. The van der Waals surface area contributed by atoms with E-state index in [0.29, 0.717) is 0 Å². The molecular formula is C6H7FN2O2. The van der Waals surface area contributed by atoms with Gasteiger partial charge in [-0.05, 0) is 6.92 Å². The van der Waals surface area contributed by atoms with E-state index in [1.807, 2.05) is 4.98 Å². The van der Waals surface area contributed by atoms with Crippen molar-refractivity contribution in [1.29, 1.82) is 0 Å². The molecule has 0 amide bonds. The third-order valence-electron chi connectivity index (χ3n) is 1.23. The molecule has 0 unspecified atom stereocenters. The van der Waals surface area contributed by atoms with Crippen LogP contribution in [0.15, 0.2) is 21.9 Å². The molecule has 5 heteroatoms. The lowest BCUT2D eigenvalue weighted by Crippen LogP contribution is -2.29. The van der Waals surface area contributed by atoms with Crippen molar-refractivity contribution in [2.24, 2.45) is 0 Å². The monoisotopic (exact) mass is 158 g/mol. The van der Waals surface area contributed by atoms with Crippen LogP contribution in [0.25, 0.3) is 0 Å². The maximum absolute atomic E-state index is 12.5. The Morgan fingerprint density at radius 2 is 2.27 bits per heavy atom. The predicted octanol–water partition coefficient (Wildman–Crippen LogP) is 0.0246. The molecule has 0 radical (unpaired) electrons. The van der Waals surface area contributed by atoms with Gasteiger partial charge in [-0.25, -0.2) is 9.18 Å². The van der Waals surface area contributed by atoms with Crippen LogP contribution >= 0.6 is 0 Å². The number of aromatic amines is 1. The maximum Gasteiger partial charge on any atom is 0.330 e. The van der Waals surface area contributed by atoms with Crippen LogP contribution in [-0.4, -0.2) is 9.55 Å². The quantitative estimate of drug-likeness (QED) is 0.626. The minimum atomic E-state index is -1.42. The molecule has 0 aliphatic rings. The molecule has 1 N–H and O–H groups in total. The van der Waals surface area contributed by atoms with Gasteiger partial charge in [0.1, 0.15) is 0 Å². The number of rotatable bonds is 1. The standard InChI is InChI=1S/C6H7FN2O2/c1-4(7)9-3-2-5(10)8-6(9)11/h2-4H,1H3,(H,8,10,11)/t4-/m1/s1. The molecule has 1 heterocycles. The van der Waals surface area contributed by atoms with E-state index in [1.165, 1.54) is 6.92 Å². The average Bonchev–Trinajstić information content (AvgIpc) is 1.85. The third kappa shape index (κ3) is 1.54. The van der Waals surface area contributed by atoms with Crippen LogP contribution in [0, 0.1) is 0 Å². The van der Waals surface area contributed by atoms with Gasteiger partial charge in [0.25, 0.3) is 5.56 Å². The van der Waals surface area contributed by atoms with Gasteiger partial charge < -0.3 is 0 Å². The average molecular weight is 158 g/mol. The third-order valence-corrected chi connectivity index (χ3v) is 1.23.